The number of aliphatic hydroxyl groups excluding tert-OH is 1. The molecule has 2 heterocycles. The molecule has 1 N–H and O–H groups in total. The lowest BCUT2D eigenvalue weighted by molar-refractivity contribution is 0.277. The van der Waals surface area contributed by atoms with Crippen LogP contribution < -0.4 is 0 Å². The Balaban J connectivity index is 2.34. The summed E-state index contributed by atoms with van der Waals surface area (Å²) in [6.07, 6.45) is 5.24. The van der Waals surface area contributed by atoms with Gasteiger partial charge < -0.3 is 5.11 Å². The van der Waals surface area contributed by atoms with Crippen LogP contribution in [0.25, 0.3) is 11.1 Å². The van der Waals surface area contributed by atoms with Crippen LogP contribution in [-0.4, -0.2) is 15.1 Å². The van der Waals surface area contributed by atoms with Gasteiger partial charge >= 0.3 is 0 Å². The highest BCUT2D eigenvalue weighted by Crippen LogP contribution is 2.16. The van der Waals surface area contributed by atoms with Gasteiger partial charge in [0.1, 0.15) is 0 Å². The predicted molar refractivity (Wildman–Crippen MR) is 53.4 cm³/mol. The van der Waals surface area contributed by atoms with Crippen molar-refractivity contribution in [3.05, 3.63) is 48.5 Å². The monoisotopic (exact) mass is 186 g/mol. The highest BCUT2D eigenvalue weighted by Gasteiger charge is 1.97. The van der Waals surface area contributed by atoms with Crippen molar-refractivity contribution in [3.63, 3.8) is 0 Å². The molecular formula is C11H10N2O. The largest absolute Gasteiger partial charge is 0.390 e. The third-order valence-electron chi connectivity index (χ3n) is 2.00. The molecule has 0 spiro atoms. The number of hydrogen-bond acceptors (Lipinski definition) is 3. The third-order valence-corrected chi connectivity index (χ3v) is 2.00. The van der Waals surface area contributed by atoms with Crippen molar-refractivity contribution in [1.29, 1.82) is 0 Å². The molecule has 0 aliphatic heterocycles. The minimum absolute atomic E-state index is 0.0172. The number of hydrogen-bond donors (Lipinski definition) is 1. The quantitative estimate of drug-likeness (QED) is 0.775. The summed E-state index contributed by atoms with van der Waals surface area (Å²) in [6.45, 7) is -0.0172. The summed E-state index contributed by atoms with van der Waals surface area (Å²) in [6, 6.07) is 7.61. The lowest BCUT2D eigenvalue weighted by Crippen LogP contribution is -1.88. The summed E-state index contributed by atoms with van der Waals surface area (Å²) >= 11 is 0. The van der Waals surface area contributed by atoms with Gasteiger partial charge in [-0.05, 0) is 23.8 Å². The van der Waals surface area contributed by atoms with Gasteiger partial charge in [-0.25, -0.2) is 0 Å². The molecule has 14 heavy (non-hydrogen) atoms. The first-order valence-corrected chi connectivity index (χ1v) is 4.36. The van der Waals surface area contributed by atoms with E-state index in [1.807, 2.05) is 24.3 Å². The van der Waals surface area contributed by atoms with E-state index in [1.54, 1.807) is 18.6 Å². The van der Waals surface area contributed by atoms with E-state index >= 15 is 0 Å². The van der Waals surface area contributed by atoms with Crippen LogP contribution in [0.5, 0.6) is 0 Å². The zero-order valence-corrected chi connectivity index (χ0v) is 7.59. The van der Waals surface area contributed by atoms with Crippen LogP contribution in [0.2, 0.25) is 0 Å². The summed E-state index contributed by atoms with van der Waals surface area (Å²) in [7, 11) is 0. The average molecular weight is 186 g/mol. The second kappa shape index (κ2) is 3.98. The van der Waals surface area contributed by atoms with E-state index in [2.05, 4.69) is 9.97 Å². The first-order valence-electron chi connectivity index (χ1n) is 4.36. The summed E-state index contributed by atoms with van der Waals surface area (Å²) in [5.74, 6) is 0. The van der Waals surface area contributed by atoms with Crippen molar-refractivity contribution in [2.45, 2.75) is 6.61 Å². The van der Waals surface area contributed by atoms with E-state index < -0.39 is 0 Å². The number of nitrogens with zero attached hydrogens (tertiary/aromatic N) is 2. The Labute approximate surface area is 82.1 Å². The Bertz CT molecular complexity index is 397. The minimum Gasteiger partial charge on any atom is -0.390 e. The first-order chi connectivity index (χ1) is 6.90. The number of rotatable bonds is 2. The zero-order chi connectivity index (χ0) is 9.80. The molecular weight excluding hydrogens is 176 g/mol. The van der Waals surface area contributed by atoms with Gasteiger partial charge in [-0.1, -0.05) is 6.07 Å². The van der Waals surface area contributed by atoms with E-state index in [4.69, 9.17) is 5.11 Å². The molecule has 2 rings (SSSR count). The highest BCUT2D eigenvalue weighted by atomic mass is 16.3. The zero-order valence-electron chi connectivity index (χ0n) is 7.59. The molecule has 0 unspecified atom stereocenters. The van der Waals surface area contributed by atoms with Gasteiger partial charge in [0.15, 0.2) is 0 Å². The Morgan fingerprint density at radius 1 is 1.00 bits per heavy atom. The number of aromatic nitrogens is 2. The second-order valence-corrected chi connectivity index (χ2v) is 2.93. The highest BCUT2D eigenvalue weighted by molar-refractivity contribution is 5.61. The molecule has 3 nitrogen and oxygen atoms in total. The normalized spacial score (nSPS) is 10.1. The lowest BCUT2D eigenvalue weighted by Gasteiger charge is -2.00. The molecule has 0 fully saturated rings. The van der Waals surface area contributed by atoms with Gasteiger partial charge in [0.05, 0.1) is 12.3 Å². The molecule has 3 heteroatoms. The average Bonchev–Trinajstić information content (AvgIpc) is 2.30. The molecule has 0 aliphatic carbocycles. The van der Waals surface area contributed by atoms with Crippen molar-refractivity contribution in [3.8, 4) is 11.1 Å². The van der Waals surface area contributed by atoms with Crippen LogP contribution in [0.4, 0.5) is 0 Å². The van der Waals surface area contributed by atoms with E-state index in [0.717, 1.165) is 11.1 Å². The molecule has 0 aromatic carbocycles. The van der Waals surface area contributed by atoms with Crippen LogP contribution in [0.1, 0.15) is 5.69 Å². The van der Waals surface area contributed by atoms with Crippen LogP contribution in [0.3, 0.4) is 0 Å². The topological polar surface area (TPSA) is 46.0 Å². The van der Waals surface area contributed by atoms with Crippen molar-refractivity contribution < 1.29 is 5.11 Å². The van der Waals surface area contributed by atoms with E-state index in [0.29, 0.717) is 5.69 Å². The Kier molecular flexibility index (Phi) is 2.51. The molecule has 0 saturated carbocycles. The minimum atomic E-state index is -0.0172. The van der Waals surface area contributed by atoms with E-state index in [1.165, 1.54) is 0 Å². The van der Waals surface area contributed by atoms with Gasteiger partial charge in [-0.3, -0.25) is 9.97 Å². The molecule has 70 valence electrons. The molecule has 0 bridgehead atoms. The SMILES string of the molecule is OCc1ccc(-c2ccncc2)cn1. The summed E-state index contributed by atoms with van der Waals surface area (Å²) in [4.78, 5) is 8.05. The van der Waals surface area contributed by atoms with Gasteiger partial charge in [-0.15, -0.1) is 0 Å². The Morgan fingerprint density at radius 3 is 2.36 bits per heavy atom. The maximum atomic E-state index is 8.83. The third kappa shape index (κ3) is 1.78. The van der Waals surface area contributed by atoms with Crippen molar-refractivity contribution in [2.75, 3.05) is 0 Å². The molecule has 0 amide bonds. The first kappa shape index (κ1) is 8.84. The molecule has 0 saturated heterocycles. The van der Waals surface area contributed by atoms with E-state index in [-0.39, 0.29) is 6.61 Å². The number of pyridine rings is 2. The van der Waals surface area contributed by atoms with Crippen molar-refractivity contribution >= 4 is 0 Å². The Morgan fingerprint density at radius 2 is 1.79 bits per heavy atom. The fourth-order valence-corrected chi connectivity index (χ4v) is 1.23. The number of aliphatic hydroxyl groups is 1. The molecule has 2 aromatic heterocycles. The van der Waals surface area contributed by atoms with Crippen LogP contribution in [0.15, 0.2) is 42.9 Å². The summed E-state index contributed by atoms with van der Waals surface area (Å²) < 4.78 is 0. The van der Waals surface area contributed by atoms with Gasteiger partial charge in [0.2, 0.25) is 0 Å². The van der Waals surface area contributed by atoms with Crippen LogP contribution in [0, 0.1) is 0 Å². The molecule has 0 radical (unpaired) electrons. The standard InChI is InChI=1S/C11H10N2O/c14-8-11-2-1-10(7-13-11)9-3-5-12-6-4-9/h1-7,14H,8H2. The summed E-state index contributed by atoms with van der Waals surface area (Å²) in [5, 5.41) is 8.83. The predicted octanol–water partition coefficient (Wildman–Crippen LogP) is 1.64. The van der Waals surface area contributed by atoms with Gasteiger partial charge in [-0.2, -0.15) is 0 Å². The molecule has 2 aromatic rings. The summed E-state index contributed by atoms with van der Waals surface area (Å²) in [5.41, 5.74) is 2.80. The lowest BCUT2D eigenvalue weighted by atomic mass is 10.1. The fraction of sp³-hybridized carbons (Fsp3) is 0.0909. The van der Waals surface area contributed by atoms with Crippen LogP contribution in [-0.2, 0) is 6.61 Å². The smallest absolute Gasteiger partial charge is 0.0852 e. The second-order valence-electron chi connectivity index (χ2n) is 2.93. The molecule has 0 atom stereocenters. The van der Waals surface area contributed by atoms with Gasteiger partial charge in [0.25, 0.3) is 0 Å². The fourth-order valence-electron chi connectivity index (χ4n) is 1.23. The van der Waals surface area contributed by atoms with Crippen molar-refractivity contribution in [1.82, 2.24) is 9.97 Å². The molecule has 0 aliphatic rings. The maximum Gasteiger partial charge on any atom is 0.0852 e. The van der Waals surface area contributed by atoms with Gasteiger partial charge in [0, 0.05) is 24.2 Å². The maximum absolute atomic E-state index is 8.83. The van der Waals surface area contributed by atoms with E-state index in [9.17, 15) is 0 Å². The van der Waals surface area contributed by atoms with Crippen molar-refractivity contribution in [2.24, 2.45) is 0 Å². The van der Waals surface area contributed by atoms with Crippen LogP contribution >= 0.6 is 0 Å². The Hall–Kier alpha value is -1.74.